The van der Waals surface area contributed by atoms with Gasteiger partial charge < -0.3 is 4.98 Å². The van der Waals surface area contributed by atoms with Crippen LogP contribution < -0.4 is 0 Å². The second-order valence-corrected chi connectivity index (χ2v) is 4.79. The number of nitrogens with one attached hydrogen (secondary N) is 1. The standard InChI is InChI=1S/C14H8F3N3S/c15-14(16,17)12-6-11(19-13(21)20-12)9-5-8-3-1-2-4-10(8)18-7-9/h1-7H,(H,19,20,21). The zero-order valence-electron chi connectivity index (χ0n) is 10.5. The fraction of sp³-hybridized carbons (Fsp3) is 0.0714. The van der Waals surface area contributed by atoms with E-state index in [2.05, 4.69) is 15.0 Å². The number of rotatable bonds is 1. The molecule has 3 aromatic rings. The highest BCUT2D eigenvalue weighted by Gasteiger charge is 2.32. The SMILES string of the molecule is FC(F)(F)c1cc(-c2cnc3ccccc3c2)nc(=S)[nH]1. The van der Waals surface area contributed by atoms with Gasteiger partial charge in [0.15, 0.2) is 4.77 Å². The molecule has 0 amide bonds. The second-order valence-electron chi connectivity index (χ2n) is 4.40. The first-order valence-electron chi connectivity index (χ1n) is 5.97. The fourth-order valence-electron chi connectivity index (χ4n) is 1.97. The topological polar surface area (TPSA) is 41.6 Å². The third kappa shape index (κ3) is 2.78. The molecule has 0 aliphatic heterocycles. The molecule has 0 radical (unpaired) electrons. The van der Waals surface area contributed by atoms with E-state index in [1.54, 1.807) is 6.07 Å². The summed E-state index contributed by atoms with van der Waals surface area (Å²) < 4.78 is 38.2. The Hall–Kier alpha value is -2.28. The van der Waals surface area contributed by atoms with Crippen molar-refractivity contribution in [3.63, 3.8) is 0 Å². The molecule has 0 saturated heterocycles. The van der Waals surface area contributed by atoms with Gasteiger partial charge >= 0.3 is 6.18 Å². The maximum Gasteiger partial charge on any atom is 0.431 e. The van der Waals surface area contributed by atoms with Crippen LogP contribution in [0.25, 0.3) is 22.2 Å². The minimum atomic E-state index is -4.50. The Labute approximate surface area is 122 Å². The Morgan fingerprint density at radius 2 is 1.86 bits per heavy atom. The number of aromatic nitrogens is 3. The molecular weight excluding hydrogens is 299 g/mol. The lowest BCUT2D eigenvalue weighted by Gasteiger charge is -2.08. The van der Waals surface area contributed by atoms with Crippen LogP contribution in [-0.4, -0.2) is 15.0 Å². The van der Waals surface area contributed by atoms with Crippen LogP contribution in [0.3, 0.4) is 0 Å². The fourth-order valence-corrected chi connectivity index (χ4v) is 2.18. The van der Waals surface area contributed by atoms with Crippen molar-refractivity contribution in [3.8, 4) is 11.3 Å². The van der Waals surface area contributed by atoms with Crippen molar-refractivity contribution in [1.82, 2.24) is 15.0 Å². The van der Waals surface area contributed by atoms with E-state index in [-0.39, 0.29) is 10.5 Å². The summed E-state index contributed by atoms with van der Waals surface area (Å²) >= 11 is 4.76. The Balaban J connectivity index is 2.18. The number of benzene rings is 1. The molecule has 1 aromatic carbocycles. The van der Waals surface area contributed by atoms with Gasteiger partial charge in [0.25, 0.3) is 0 Å². The Morgan fingerprint density at radius 3 is 2.62 bits per heavy atom. The van der Waals surface area contributed by atoms with E-state index in [0.717, 1.165) is 17.0 Å². The molecule has 0 bridgehead atoms. The zero-order valence-corrected chi connectivity index (χ0v) is 11.3. The predicted molar refractivity (Wildman–Crippen MR) is 75.2 cm³/mol. The summed E-state index contributed by atoms with van der Waals surface area (Å²) in [5.41, 5.74) is 0.465. The number of para-hydroxylation sites is 1. The number of pyridine rings is 1. The average Bonchev–Trinajstić information content (AvgIpc) is 2.45. The normalized spacial score (nSPS) is 11.8. The summed E-state index contributed by atoms with van der Waals surface area (Å²) in [4.78, 5) is 10.2. The minimum absolute atomic E-state index is 0.143. The van der Waals surface area contributed by atoms with Crippen LogP contribution in [-0.2, 0) is 6.18 Å². The summed E-state index contributed by atoms with van der Waals surface area (Å²) in [6.45, 7) is 0. The molecule has 1 N–H and O–H groups in total. The Kier molecular flexibility index (Phi) is 3.21. The van der Waals surface area contributed by atoms with Crippen LogP contribution >= 0.6 is 12.2 Å². The van der Waals surface area contributed by atoms with Crippen LogP contribution in [0.1, 0.15) is 5.69 Å². The van der Waals surface area contributed by atoms with E-state index < -0.39 is 11.9 Å². The highest BCUT2D eigenvalue weighted by atomic mass is 32.1. The van der Waals surface area contributed by atoms with E-state index in [9.17, 15) is 13.2 Å². The van der Waals surface area contributed by atoms with Gasteiger partial charge in [-0.15, -0.1) is 0 Å². The molecule has 21 heavy (non-hydrogen) atoms. The van der Waals surface area contributed by atoms with Gasteiger partial charge in [-0.05, 0) is 30.4 Å². The molecule has 7 heteroatoms. The van der Waals surface area contributed by atoms with E-state index in [1.165, 1.54) is 6.20 Å². The molecule has 2 aromatic heterocycles. The van der Waals surface area contributed by atoms with Crippen molar-refractivity contribution < 1.29 is 13.2 Å². The number of halogens is 3. The molecule has 0 atom stereocenters. The molecule has 0 aliphatic rings. The van der Waals surface area contributed by atoms with Gasteiger partial charge in [0.2, 0.25) is 0 Å². The van der Waals surface area contributed by atoms with Crippen LogP contribution in [0.15, 0.2) is 42.6 Å². The van der Waals surface area contributed by atoms with Gasteiger partial charge in [0.05, 0.1) is 11.2 Å². The average molecular weight is 307 g/mol. The monoisotopic (exact) mass is 307 g/mol. The summed E-state index contributed by atoms with van der Waals surface area (Å²) in [6.07, 6.45) is -3.02. The number of H-pyrrole nitrogens is 1. The van der Waals surface area contributed by atoms with Crippen molar-refractivity contribution in [2.45, 2.75) is 6.18 Å². The van der Waals surface area contributed by atoms with E-state index in [0.29, 0.717) is 5.56 Å². The first kappa shape index (κ1) is 13.7. The van der Waals surface area contributed by atoms with Gasteiger partial charge in [0.1, 0.15) is 5.69 Å². The predicted octanol–water partition coefficient (Wildman–Crippen LogP) is 4.37. The number of alkyl halides is 3. The number of fused-ring (bicyclic) bond motifs is 1. The lowest BCUT2D eigenvalue weighted by atomic mass is 10.1. The van der Waals surface area contributed by atoms with E-state index in [4.69, 9.17) is 12.2 Å². The van der Waals surface area contributed by atoms with Gasteiger partial charge in [-0.1, -0.05) is 18.2 Å². The maximum absolute atomic E-state index is 12.8. The van der Waals surface area contributed by atoms with Crippen LogP contribution in [0, 0.1) is 4.77 Å². The number of aromatic amines is 1. The van der Waals surface area contributed by atoms with Crippen molar-refractivity contribution in [3.05, 3.63) is 53.1 Å². The van der Waals surface area contributed by atoms with Crippen molar-refractivity contribution in [2.75, 3.05) is 0 Å². The first-order chi connectivity index (χ1) is 9.93. The lowest BCUT2D eigenvalue weighted by molar-refractivity contribution is -0.141. The quantitative estimate of drug-likeness (QED) is 0.679. The summed E-state index contributed by atoms with van der Waals surface area (Å²) in [5, 5.41) is 0.823. The number of hydrogen-bond acceptors (Lipinski definition) is 3. The van der Waals surface area contributed by atoms with Crippen molar-refractivity contribution >= 4 is 23.1 Å². The molecule has 2 heterocycles. The maximum atomic E-state index is 12.8. The summed E-state index contributed by atoms with van der Waals surface area (Å²) in [5.74, 6) is 0. The van der Waals surface area contributed by atoms with Gasteiger partial charge in [0, 0.05) is 17.1 Å². The summed E-state index contributed by atoms with van der Waals surface area (Å²) in [6, 6.07) is 10.00. The Bertz CT molecular complexity index is 871. The third-order valence-corrected chi connectivity index (χ3v) is 3.13. The Morgan fingerprint density at radius 1 is 1.10 bits per heavy atom. The van der Waals surface area contributed by atoms with E-state index >= 15 is 0 Å². The van der Waals surface area contributed by atoms with Gasteiger partial charge in [-0.25, -0.2) is 4.98 Å². The number of nitrogens with zero attached hydrogens (tertiary/aromatic N) is 2. The minimum Gasteiger partial charge on any atom is -0.327 e. The van der Waals surface area contributed by atoms with Gasteiger partial charge in [-0.2, -0.15) is 13.2 Å². The first-order valence-corrected chi connectivity index (χ1v) is 6.38. The molecule has 0 aliphatic carbocycles. The highest BCUT2D eigenvalue weighted by Crippen LogP contribution is 2.30. The van der Waals surface area contributed by atoms with Crippen LogP contribution in [0.4, 0.5) is 13.2 Å². The van der Waals surface area contributed by atoms with Crippen LogP contribution in [0.2, 0.25) is 0 Å². The van der Waals surface area contributed by atoms with E-state index in [1.807, 2.05) is 24.3 Å². The van der Waals surface area contributed by atoms with Crippen molar-refractivity contribution in [2.24, 2.45) is 0 Å². The third-order valence-electron chi connectivity index (χ3n) is 2.94. The highest BCUT2D eigenvalue weighted by molar-refractivity contribution is 7.71. The summed E-state index contributed by atoms with van der Waals surface area (Å²) in [7, 11) is 0. The van der Waals surface area contributed by atoms with Crippen LogP contribution in [0.5, 0.6) is 0 Å². The van der Waals surface area contributed by atoms with Gasteiger partial charge in [-0.3, -0.25) is 4.98 Å². The molecule has 106 valence electrons. The van der Waals surface area contributed by atoms with Crippen molar-refractivity contribution in [1.29, 1.82) is 0 Å². The molecule has 0 unspecified atom stereocenters. The molecule has 3 nitrogen and oxygen atoms in total. The zero-order chi connectivity index (χ0) is 15.0. The largest absolute Gasteiger partial charge is 0.431 e. The molecule has 0 saturated carbocycles. The second kappa shape index (κ2) is 4.92. The smallest absolute Gasteiger partial charge is 0.327 e. The lowest BCUT2D eigenvalue weighted by Crippen LogP contribution is -2.09. The molecule has 3 rings (SSSR count). The number of hydrogen-bond donors (Lipinski definition) is 1. The molecule has 0 spiro atoms. The molecule has 0 fully saturated rings. The molecular formula is C14H8F3N3S.